The highest BCUT2D eigenvalue weighted by molar-refractivity contribution is 5.22. The van der Waals surface area contributed by atoms with Crippen molar-refractivity contribution in [1.82, 2.24) is 14.7 Å². The lowest BCUT2D eigenvalue weighted by Gasteiger charge is -2.23. The summed E-state index contributed by atoms with van der Waals surface area (Å²) < 4.78 is 15.1. The molecule has 1 aliphatic rings. The second-order valence-electron chi connectivity index (χ2n) is 5.41. The zero-order valence-electron chi connectivity index (χ0n) is 11.4. The summed E-state index contributed by atoms with van der Waals surface area (Å²) in [6.45, 7) is 1.32. The van der Waals surface area contributed by atoms with E-state index in [1.807, 2.05) is 25.5 Å². The van der Waals surface area contributed by atoms with Crippen molar-refractivity contribution >= 4 is 0 Å². The van der Waals surface area contributed by atoms with Gasteiger partial charge in [0, 0.05) is 37.9 Å². The molecule has 2 atom stereocenters. The molecule has 106 valence electrons. The van der Waals surface area contributed by atoms with Crippen LogP contribution in [0.25, 0.3) is 0 Å². The average molecular weight is 275 g/mol. The van der Waals surface area contributed by atoms with Gasteiger partial charge in [0.05, 0.1) is 12.3 Å². The van der Waals surface area contributed by atoms with Crippen LogP contribution >= 0.6 is 0 Å². The van der Waals surface area contributed by atoms with E-state index in [1.54, 1.807) is 16.8 Å². The highest BCUT2D eigenvalue weighted by atomic mass is 19.1. The van der Waals surface area contributed by atoms with Gasteiger partial charge < -0.3 is 5.11 Å². The Balaban J connectivity index is 1.81. The smallest absolute Gasteiger partial charge is 0.123 e. The first-order valence-corrected chi connectivity index (χ1v) is 6.77. The quantitative estimate of drug-likeness (QED) is 0.929. The third kappa shape index (κ3) is 2.73. The first-order valence-electron chi connectivity index (χ1n) is 6.77. The Morgan fingerprint density at radius 2 is 2.30 bits per heavy atom. The molecule has 0 aliphatic carbocycles. The van der Waals surface area contributed by atoms with Gasteiger partial charge in [0.1, 0.15) is 5.82 Å². The zero-order valence-corrected chi connectivity index (χ0v) is 11.4. The van der Waals surface area contributed by atoms with Gasteiger partial charge in [-0.25, -0.2) is 4.39 Å². The molecule has 1 saturated heterocycles. The highest BCUT2D eigenvalue weighted by Crippen LogP contribution is 2.33. The van der Waals surface area contributed by atoms with Crippen LogP contribution in [0, 0.1) is 5.82 Å². The van der Waals surface area contributed by atoms with Crippen LogP contribution in [0.2, 0.25) is 0 Å². The third-order valence-electron chi connectivity index (χ3n) is 3.76. The van der Waals surface area contributed by atoms with E-state index in [2.05, 4.69) is 10.00 Å². The van der Waals surface area contributed by atoms with Gasteiger partial charge in [-0.1, -0.05) is 12.1 Å². The monoisotopic (exact) mass is 275 g/mol. The van der Waals surface area contributed by atoms with Gasteiger partial charge in [0.25, 0.3) is 0 Å². The molecule has 0 radical (unpaired) electrons. The SMILES string of the molecule is Cn1cc(CN2C[C@H](O)C[C@H]2c2cccc(F)c2)cn1. The van der Waals surface area contributed by atoms with Crippen molar-refractivity contribution < 1.29 is 9.50 Å². The number of hydrogen-bond acceptors (Lipinski definition) is 3. The predicted octanol–water partition coefficient (Wildman–Crippen LogP) is 1.87. The van der Waals surface area contributed by atoms with Crippen LogP contribution in [0.5, 0.6) is 0 Å². The Labute approximate surface area is 117 Å². The van der Waals surface area contributed by atoms with Gasteiger partial charge in [-0.15, -0.1) is 0 Å². The van der Waals surface area contributed by atoms with Gasteiger partial charge in [0.15, 0.2) is 0 Å². The summed E-state index contributed by atoms with van der Waals surface area (Å²) in [6, 6.07) is 6.69. The first kappa shape index (κ1) is 13.3. The van der Waals surface area contributed by atoms with E-state index in [-0.39, 0.29) is 18.0 Å². The maximum Gasteiger partial charge on any atom is 0.123 e. The molecule has 20 heavy (non-hydrogen) atoms. The summed E-state index contributed by atoms with van der Waals surface area (Å²) in [7, 11) is 1.88. The molecule has 1 aromatic carbocycles. The maximum atomic E-state index is 13.4. The molecule has 0 unspecified atom stereocenters. The number of halogens is 1. The molecule has 5 heteroatoms. The van der Waals surface area contributed by atoms with Crippen molar-refractivity contribution in [3.63, 3.8) is 0 Å². The fourth-order valence-electron chi connectivity index (χ4n) is 2.90. The largest absolute Gasteiger partial charge is 0.392 e. The molecule has 4 nitrogen and oxygen atoms in total. The minimum absolute atomic E-state index is 0.0564. The molecular weight excluding hydrogens is 257 g/mol. The number of aromatic nitrogens is 2. The van der Waals surface area contributed by atoms with E-state index in [9.17, 15) is 9.50 Å². The molecule has 2 aromatic rings. The van der Waals surface area contributed by atoms with Gasteiger partial charge in [0.2, 0.25) is 0 Å². The van der Waals surface area contributed by atoms with Crippen LogP contribution in [0.15, 0.2) is 36.7 Å². The van der Waals surface area contributed by atoms with Crippen LogP contribution in [-0.4, -0.2) is 32.4 Å². The summed E-state index contributed by atoms with van der Waals surface area (Å²) in [5, 5.41) is 14.1. The summed E-state index contributed by atoms with van der Waals surface area (Å²) in [4.78, 5) is 2.18. The molecule has 2 heterocycles. The molecular formula is C15H18FN3O. The topological polar surface area (TPSA) is 41.3 Å². The maximum absolute atomic E-state index is 13.4. The summed E-state index contributed by atoms with van der Waals surface area (Å²) in [6.07, 6.45) is 4.07. The second-order valence-corrected chi connectivity index (χ2v) is 5.41. The average Bonchev–Trinajstić information content (AvgIpc) is 2.96. The van der Waals surface area contributed by atoms with Gasteiger partial charge >= 0.3 is 0 Å². The minimum atomic E-state index is -0.361. The van der Waals surface area contributed by atoms with E-state index in [1.165, 1.54) is 6.07 Å². The van der Waals surface area contributed by atoms with E-state index >= 15 is 0 Å². The Bertz CT molecular complexity index is 598. The first-order chi connectivity index (χ1) is 9.61. The van der Waals surface area contributed by atoms with Crippen LogP contribution in [-0.2, 0) is 13.6 Å². The van der Waals surface area contributed by atoms with Crippen molar-refractivity contribution in [2.45, 2.75) is 25.1 Å². The van der Waals surface area contributed by atoms with Gasteiger partial charge in [-0.3, -0.25) is 9.58 Å². The molecule has 3 rings (SSSR count). The standard InChI is InChI=1S/C15H18FN3O/c1-18-8-11(7-17-18)9-19-10-14(20)6-15(19)12-3-2-4-13(16)5-12/h2-5,7-8,14-15,20H,6,9-10H2,1H3/t14-,15+/m1/s1. The second kappa shape index (κ2) is 5.34. The van der Waals surface area contributed by atoms with Crippen LogP contribution in [0.4, 0.5) is 4.39 Å². The molecule has 1 aliphatic heterocycles. The normalized spacial score (nSPS) is 23.4. The highest BCUT2D eigenvalue weighted by Gasteiger charge is 2.32. The van der Waals surface area contributed by atoms with Crippen LogP contribution < -0.4 is 0 Å². The van der Waals surface area contributed by atoms with E-state index in [4.69, 9.17) is 0 Å². The number of hydrogen-bond donors (Lipinski definition) is 1. The van der Waals surface area contributed by atoms with Crippen molar-refractivity contribution in [1.29, 1.82) is 0 Å². The fraction of sp³-hybridized carbons (Fsp3) is 0.400. The van der Waals surface area contributed by atoms with Crippen LogP contribution in [0.3, 0.4) is 0 Å². The lowest BCUT2D eigenvalue weighted by atomic mass is 10.0. The van der Waals surface area contributed by atoms with Crippen molar-refractivity contribution in [3.05, 3.63) is 53.6 Å². The number of benzene rings is 1. The molecule has 0 saturated carbocycles. The van der Waals surface area contributed by atoms with E-state index in [0.717, 1.165) is 11.1 Å². The molecule has 1 N–H and O–H groups in total. The van der Waals surface area contributed by atoms with E-state index < -0.39 is 0 Å². The number of aryl methyl sites for hydroxylation is 1. The predicted molar refractivity (Wildman–Crippen MR) is 73.4 cm³/mol. The number of aliphatic hydroxyl groups is 1. The van der Waals surface area contributed by atoms with Crippen molar-refractivity contribution in [2.75, 3.05) is 6.54 Å². The van der Waals surface area contributed by atoms with Gasteiger partial charge in [-0.05, 0) is 24.1 Å². The Kier molecular flexibility index (Phi) is 3.54. The Morgan fingerprint density at radius 3 is 3.00 bits per heavy atom. The zero-order chi connectivity index (χ0) is 14.1. The number of likely N-dealkylation sites (tertiary alicyclic amines) is 1. The lowest BCUT2D eigenvalue weighted by Crippen LogP contribution is -2.24. The summed E-state index contributed by atoms with van der Waals surface area (Å²) in [5.41, 5.74) is 2.02. The number of β-amino-alcohol motifs (C(OH)–C–C–N with tert-alkyl or cyclic N) is 1. The number of rotatable bonds is 3. The molecule has 0 amide bonds. The fourth-order valence-corrected chi connectivity index (χ4v) is 2.90. The molecule has 0 spiro atoms. The number of aliphatic hydroxyl groups excluding tert-OH is 1. The Morgan fingerprint density at radius 1 is 1.45 bits per heavy atom. The van der Waals surface area contributed by atoms with Crippen molar-refractivity contribution in [3.8, 4) is 0 Å². The van der Waals surface area contributed by atoms with Crippen molar-refractivity contribution in [2.24, 2.45) is 7.05 Å². The molecule has 1 fully saturated rings. The summed E-state index contributed by atoms with van der Waals surface area (Å²) >= 11 is 0. The number of nitrogens with zero attached hydrogens (tertiary/aromatic N) is 3. The minimum Gasteiger partial charge on any atom is -0.392 e. The Hall–Kier alpha value is -1.72. The molecule has 1 aromatic heterocycles. The summed E-state index contributed by atoms with van der Waals surface area (Å²) in [5.74, 6) is -0.231. The molecule has 0 bridgehead atoms. The van der Waals surface area contributed by atoms with Gasteiger partial charge in [-0.2, -0.15) is 5.10 Å². The third-order valence-corrected chi connectivity index (χ3v) is 3.76. The van der Waals surface area contributed by atoms with E-state index in [0.29, 0.717) is 19.5 Å². The lowest BCUT2D eigenvalue weighted by molar-refractivity contribution is 0.172. The van der Waals surface area contributed by atoms with Crippen LogP contribution in [0.1, 0.15) is 23.6 Å².